The van der Waals surface area contributed by atoms with Gasteiger partial charge in [0.05, 0.1) is 33.0 Å². The molecule has 0 radical (unpaired) electrons. The first-order valence-corrected chi connectivity index (χ1v) is 16.1. The first-order valence-electron chi connectivity index (χ1n) is 14.8. The Kier molecular flexibility index (Phi) is 12.1. The number of benzene rings is 4. The molecule has 1 saturated heterocycles. The van der Waals surface area contributed by atoms with Crippen LogP contribution >= 0.6 is 22.6 Å². The molecule has 5 rings (SSSR count). The Morgan fingerprint density at radius 2 is 1.07 bits per heavy atom. The second-order valence-corrected chi connectivity index (χ2v) is 11.5. The summed E-state index contributed by atoms with van der Waals surface area (Å²) in [5.74, 6) is -1.79. The number of aliphatic hydroxyl groups is 1. The fourth-order valence-electron chi connectivity index (χ4n) is 5.25. The van der Waals surface area contributed by atoms with E-state index in [1.807, 2.05) is 132 Å². The second-order valence-electron chi connectivity index (χ2n) is 10.9. The van der Waals surface area contributed by atoms with Crippen LogP contribution in [0.3, 0.4) is 0 Å². The van der Waals surface area contributed by atoms with E-state index in [4.69, 9.17) is 23.7 Å². The monoisotopic (exact) mass is 706 g/mol. The lowest BCUT2D eigenvalue weighted by atomic mass is 9.88. The molecule has 230 valence electrons. The van der Waals surface area contributed by atoms with Gasteiger partial charge in [-0.1, -0.05) is 144 Å². The maximum absolute atomic E-state index is 12.3. The van der Waals surface area contributed by atoms with Crippen LogP contribution in [0.15, 0.2) is 131 Å². The summed E-state index contributed by atoms with van der Waals surface area (Å²) in [6, 6.07) is 39.8. The summed E-state index contributed by atoms with van der Waals surface area (Å²) in [5.41, 5.74) is 4.65. The Morgan fingerprint density at radius 3 is 1.52 bits per heavy atom. The van der Waals surface area contributed by atoms with Crippen molar-refractivity contribution in [1.29, 1.82) is 0 Å². The molecule has 1 aliphatic heterocycles. The van der Waals surface area contributed by atoms with Gasteiger partial charge in [0.2, 0.25) is 5.79 Å². The van der Waals surface area contributed by atoms with Crippen molar-refractivity contribution < 1.29 is 28.8 Å². The van der Waals surface area contributed by atoms with Crippen LogP contribution in [0.5, 0.6) is 0 Å². The van der Waals surface area contributed by atoms with Gasteiger partial charge in [-0.3, -0.25) is 0 Å². The summed E-state index contributed by atoms with van der Waals surface area (Å²) in [4.78, 5) is 0. The smallest absolute Gasteiger partial charge is 0.219 e. The molecule has 44 heavy (non-hydrogen) atoms. The van der Waals surface area contributed by atoms with Crippen LogP contribution in [0.25, 0.3) is 0 Å². The zero-order chi connectivity index (χ0) is 30.6. The molecule has 6 nitrogen and oxygen atoms in total. The van der Waals surface area contributed by atoms with Gasteiger partial charge in [0.1, 0.15) is 24.4 Å². The van der Waals surface area contributed by atoms with Crippen LogP contribution in [0, 0.1) is 0 Å². The highest BCUT2D eigenvalue weighted by molar-refractivity contribution is 14.1. The number of hydrogen-bond acceptors (Lipinski definition) is 6. The van der Waals surface area contributed by atoms with E-state index in [1.54, 1.807) is 0 Å². The zero-order valence-electron chi connectivity index (χ0n) is 24.8. The van der Waals surface area contributed by atoms with Gasteiger partial charge in [0.15, 0.2) is 0 Å². The van der Waals surface area contributed by atoms with E-state index >= 15 is 0 Å². The van der Waals surface area contributed by atoms with E-state index in [1.165, 1.54) is 0 Å². The molecule has 1 fully saturated rings. The average molecular weight is 707 g/mol. The summed E-state index contributed by atoms with van der Waals surface area (Å²) >= 11 is 2.13. The van der Waals surface area contributed by atoms with Crippen molar-refractivity contribution in [3.05, 3.63) is 153 Å². The van der Waals surface area contributed by atoms with Crippen molar-refractivity contribution in [3.8, 4) is 0 Å². The minimum Gasteiger partial charge on any atom is -0.374 e. The van der Waals surface area contributed by atoms with Gasteiger partial charge < -0.3 is 28.8 Å². The summed E-state index contributed by atoms with van der Waals surface area (Å²) < 4.78 is 34.4. The van der Waals surface area contributed by atoms with E-state index in [0.29, 0.717) is 25.4 Å². The van der Waals surface area contributed by atoms with Crippen molar-refractivity contribution >= 4 is 22.6 Å². The van der Waals surface area contributed by atoms with Crippen molar-refractivity contribution in [1.82, 2.24) is 0 Å². The number of hydrogen-bond donors (Lipinski definition) is 1. The summed E-state index contributed by atoms with van der Waals surface area (Å²) in [6.45, 7) is 3.32. The van der Waals surface area contributed by atoms with Crippen LogP contribution in [0.1, 0.15) is 29.2 Å². The van der Waals surface area contributed by atoms with Gasteiger partial charge in [-0.15, -0.1) is 0 Å². The Hall–Kier alpha value is -2.89. The lowest BCUT2D eigenvalue weighted by molar-refractivity contribution is -0.355. The van der Waals surface area contributed by atoms with Gasteiger partial charge >= 0.3 is 0 Å². The Morgan fingerprint density at radius 1 is 0.659 bits per heavy atom. The standard InChI is InChI=1S/C37H39IO6/c1-28(22-38)37(39)36(43-26-32-20-12-5-13-21-32)35(42-25-31-18-10-4-11-19-31)34(41-24-30-16-8-3-9-17-30)33(44-37)27-40-23-29-14-6-2-7-15-29/h2-22,33-36,39H,23-27H2,1H3/b28-22+/t33-,34-,35+,36-,37+/m1/s1. The van der Waals surface area contributed by atoms with Crippen LogP contribution in [0.2, 0.25) is 0 Å². The molecule has 0 saturated carbocycles. The van der Waals surface area contributed by atoms with Crippen molar-refractivity contribution in [3.63, 3.8) is 0 Å². The number of ether oxygens (including phenoxy) is 5. The minimum absolute atomic E-state index is 0.182. The van der Waals surface area contributed by atoms with E-state index in [9.17, 15) is 5.11 Å². The van der Waals surface area contributed by atoms with Crippen molar-refractivity contribution in [2.45, 2.75) is 63.6 Å². The third-order valence-corrected chi connectivity index (χ3v) is 8.60. The number of halogens is 1. The Balaban J connectivity index is 1.48. The average Bonchev–Trinajstić information content (AvgIpc) is 3.08. The van der Waals surface area contributed by atoms with Gasteiger partial charge in [0, 0.05) is 0 Å². The SMILES string of the molecule is C/C(=C\I)[C@]1(O)O[C@H](COCc2ccccc2)[C@@H](OCc2ccccc2)[C@H](OCc2ccccc2)[C@H]1OCc1ccccc1. The predicted molar refractivity (Wildman–Crippen MR) is 179 cm³/mol. The molecule has 0 bridgehead atoms. The third kappa shape index (κ3) is 8.63. The highest BCUT2D eigenvalue weighted by Crippen LogP contribution is 2.40. The molecular formula is C37H39IO6. The van der Waals surface area contributed by atoms with E-state index < -0.39 is 30.2 Å². The van der Waals surface area contributed by atoms with Gasteiger partial charge in [-0.05, 0) is 38.8 Å². The normalized spacial score (nSPS) is 23.8. The quantitative estimate of drug-likeness (QED) is 0.138. The van der Waals surface area contributed by atoms with Crippen LogP contribution in [0.4, 0.5) is 0 Å². The third-order valence-electron chi connectivity index (χ3n) is 7.67. The molecule has 0 aromatic heterocycles. The molecule has 0 amide bonds. The summed E-state index contributed by atoms with van der Waals surface area (Å²) in [5, 5.41) is 12.3. The van der Waals surface area contributed by atoms with Crippen molar-refractivity contribution in [2.24, 2.45) is 0 Å². The first-order chi connectivity index (χ1) is 21.6. The number of rotatable bonds is 14. The second kappa shape index (κ2) is 16.4. The van der Waals surface area contributed by atoms with Crippen molar-refractivity contribution in [2.75, 3.05) is 6.61 Å². The maximum Gasteiger partial charge on any atom is 0.219 e. The topological polar surface area (TPSA) is 66.4 Å². The molecule has 7 heteroatoms. The molecule has 1 N–H and O–H groups in total. The molecular weight excluding hydrogens is 667 g/mol. The Labute approximate surface area is 273 Å². The van der Waals surface area contributed by atoms with Crippen LogP contribution in [-0.4, -0.2) is 41.9 Å². The summed E-state index contributed by atoms with van der Waals surface area (Å²) in [6.07, 6.45) is -2.87. The van der Waals surface area contributed by atoms with Gasteiger partial charge in [-0.2, -0.15) is 0 Å². The molecule has 4 aromatic carbocycles. The van der Waals surface area contributed by atoms with Gasteiger partial charge in [0.25, 0.3) is 0 Å². The lowest BCUT2D eigenvalue weighted by Crippen LogP contribution is -2.67. The molecule has 0 unspecified atom stereocenters. The van der Waals surface area contributed by atoms with E-state index in [0.717, 1.165) is 22.3 Å². The fourth-order valence-corrected chi connectivity index (χ4v) is 5.69. The maximum atomic E-state index is 12.3. The summed E-state index contributed by atoms with van der Waals surface area (Å²) in [7, 11) is 0. The molecule has 4 aromatic rings. The van der Waals surface area contributed by atoms with E-state index in [2.05, 4.69) is 22.6 Å². The molecule has 1 aliphatic rings. The molecule has 5 atom stereocenters. The molecule has 0 spiro atoms. The van der Waals surface area contributed by atoms with Crippen LogP contribution < -0.4 is 0 Å². The highest BCUT2D eigenvalue weighted by atomic mass is 127. The molecule has 0 aliphatic carbocycles. The predicted octanol–water partition coefficient (Wildman–Crippen LogP) is 7.39. The minimum atomic E-state index is -1.79. The fraction of sp³-hybridized carbons (Fsp3) is 0.297. The molecule has 1 heterocycles. The lowest BCUT2D eigenvalue weighted by Gasteiger charge is -2.50. The zero-order valence-corrected chi connectivity index (χ0v) is 27.0. The van der Waals surface area contributed by atoms with Gasteiger partial charge in [-0.25, -0.2) is 0 Å². The highest BCUT2D eigenvalue weighted by Gasteiger charge is 2.57. The largest absolute Gasteiger partial charge is 0.374 e. The first kappa shape index (κ1) is 32.5. The van der Waals surface area contributed by atoms with E-state index in [-0.39, 0.29) is 13.2 Å². The Bertz CT molecular complexity index is 1420. The van der Waals surface area contributed by atoms with Crippen LogP contribution in [-0.2, 0) is 50.1 Å².